The monoisotopic (exact) mass is 1240 g/mol. The molecule has 4 nitrogen and oxygen atoms in total. The fraction of sp³-hybridized carbons (Fsp3) is 0. The zero-order valence-electron chi connectivity index (χ0n) is 53.3. The molecule has 0 radical (unpaired) electrons. The topological polar surface area (TPSA) is 35.6 Å². The van der Waals surface area contributed by atoms with Crippen molar-refractivity contribution >= 4 is 108 Å². The molecule has 16 aromatic carbocycles. The van der Waals surface area contributed by atoms with E-state index in [0.717, 1.165) is 89.8 Å². The van der Waals surface area contributed by atoms with Crippen LogP contribution >= 0.6 is 0 Å². The van der Waals surface area contributed by atoms with Crippen LogP contribution in [-0.4, -0.2) is 19.1 Å². The van der Waals surface area contributed by atoms with Crippen LogP contribution in [0.1, 0.15) is 0 Å². The van der Waals surface area contributed by atoms with E-state index in [0.29, 0.717) is 0 Å². The van der Waals surface area contributed by atoms with Crippen LogP contribution in [0.15, 0.2) is 352 Å². The molecule has 0 spiro atoms. The van der Waals surface area contributed by atoms with Crippen LogP contribution in [0, 0.1) is 0 Å². The van der Waals surface area contributed by atoms with Crippen molar-refractivity contribution in [1.29, 1.82) is 0 Å². The van der Waals surface area contributed by atoms with E-state index in [-0.39, 0.29) is 0 Å². The molecule has 0 unspecified atom stereocenters. The second kappa shape index (κ2) is 22.3. The summed E-state index contributed by atoms with van der Waals surface area (Å²) in [6.07, 6.45) is 0. The number of nitrogens with zero attached hydrogens (tertiary/aromatic N) is 4. The maximum atomic E-state index is 5.42. The number of fused-ring (bicyclic) bond motifs is 19. The van der Waals surface area contributed by atoms with Crippen LogP contribution < -0.4 is 0 Å². The van der Waals surface area contributed by atoms with Crippen molar-refractivity contribution in [1.82, 2.24) is 19.1 Å². The second-order valence-electron chi connectivity index (χ2n) is 25.9. The van der Waals surface area contributed by atoms with Crippen LogP contribution in [0.4, 0.5) is 0 Å². The number of pyridine rings is 2. The molecule has 0 amide bonds. The lowest BCUT2D eigenvalue weighted by Crippen LogP contribution is -1.96. The molecule has 20 rings (SSSR count). The first-order chi connectivity index (χ1) is 48.6. The summed E-state index contributed by atoms with van der Waals surface area (Å²) in [4.78, 5) is 10.7. The third kappa shape index (κ3) is 8.92. The number of benzene rings is 16. The maximum Gasteiger partial charge on any atom is 0.0715 e. The molecule has 4 heterocycles. The molecule has 0 saturated heterocycles. The highest BCUT2D eigenvalue weighted by Gasteiger charge is 2.24. The Balaban J connectivity index is 0.689. The predicted molar refractivity (Wildman–Crippen MR) is 414 cm³/mol. The first-order valence-electron chi connectivity index (χ1n) is 33.7. The summed E-state index contributed by atoms with van der Waals surface area (Å²) >= 11 is 0. The highest BCUT2D eigenvalue weighted by molar-refractivity contribution is 6.35. The smallest absolute Gasteiger partial charge is 0.0715 e. The van der Waals surface area contributed by atoms with E-state index >= 15 is 0 Å². The molecule has 0 aliphatic carbocycles. The lowest BCUT2D eigenvalue weighted by molar-refractivity contribution is 1.19. The molecule has 0 atom stereocenters. The Morgan fingerprint density at radius 3 is 1.03 bits per heavy atom. The van der Waals surface area contributed by atoms with Crippen LogP contribution in [0.5, 0.6) is 0 Å². The quantitative estimate of drug-likeness (QED) is 0.135. The largest absolute Gasteiger partial charge is 0.309 e. The average Bonchev–Trinajstić information content (AvgIpc) is 1.55. The first kappa shape index (κ1) is 55.4. The van der Waals surface area contributed by atoms with E-state index in [1.807, 2.05) is 0 Å². The molecule has 4 aromatic heterocycles. The fourth-order valence-corrected chi connectivity index (χ4v) is 15.8. The molecule has 0 saturated carbocycles. The van der Waals surface area contributed by atoms with Crippen molar-refractivity contribution in [2.24, 2.45) is 0 Å². The normalized spacial score (nSPS) is 11.9. The van der Waals surface area contributed by atoms with E-state index in [9.17, 15) is 0 Å². The minimum atomic E-state index is 0.917. The predicted octanol–water partition coefficient (Wildman–Crippen LogP) is 25.3. The van der Waals surface area contributed by atoms with Gasteiger partial charge >= 0.3 is 0 Å². The average molecular weight is 1240 g/mol. The maximum absolute atomic E-state index is 5.42. The van der Waals surface area contributed by atoms with E-state index in [1.165, 1.54) is 108 Å². The van der Waals surface area contributed by atoms with Crippen LogP contribution in [-0.2, 0) is 0 Å². The van der Waals surface area contributed by atoms with Gasteiger partial charge in [-0.3, -0.25) is 0 Å². The zero-order chi connectivity index (χ0) is 64.4. The summed E-state index contributed by atoms with van der Waals surface area (Å²) in [5, 5.41) is 19.8. The Bertz CT molecular complexity index is 6550. The summed E-state index contributed by atoms with van der Waals surface area (Å²) in [6.45, 7) is 0. The van der Waals surface area contributed by atoms with Crippen molar-refractivity contribution < 1.29 is 0 Å². The summed E-state index contributed by atoms with van der Waals surface area (Å²) in [5.41, 5.74) is 21.8. The molecule has 98 heavy (non-hydrogen) atoms. The highest BCUT2D eigenvalue weighted by Crippen LogP contribution is 2.47. The zero-order valence-corrected chi connectivity index (χ0v) is 53.3. The van der Waals surface area contributed by atoms with Gasteiger partial charge in [-0.2, -0.15) is 0 Å². The minimum Gasteiger partial charge on any atom is -0.309 e. The van der Waals surface area contributed by atoms with Gasteiger partial charge in [0, 0.05) is 71.3 Å². The van der Waals surface area contributed by atoms with Gasteiger partial charge in [0.05, 0.1) is 44.8 Å². The van der Waals surface area contributed by atoms with Crippen molar-refractivity contribution in [3.8, 4) is 89.8 Å². The molecule has 4 heteroatoms. The SMILES string of the molecule is c1ccc(-c2cc(-c3ccccc3)nc(-c3ccc(-n4c5c6ccc(-c7ccc(-c8cc(-c9ccccc9)nc(-c9ccc(-n%10c%11cc%12ccccc%12cc%11c%11c%12ccccc%12c%12ccccc%12c%11%10)cc9)c8)cc7)cc6ccc5c5c6ccccc6c6ccccc6c54)cc3)c2)cc1. The summed E-state index contributed by atoms with van der Waals surface area (Å²) < 4.78 is 5.02. The van der Waals surface area contributed by atoms with E-state index < -0.39 is 0 Å². The van der Waals surface area contributed by atoms with Crippen molar-refractivity contribution in [2.45, 2.75) is 0 Å². The third-order valence-corrected chi connectivity index (χ3v) is 20.4. The molecule has 0 aliphatic heterocycles. The van der Waals surface area contributed by atoms with Gasteiger partial charge in [0.15, 0.2) is 0 Å². The van der Waals surface area contributed by atoms with Crippen molar-refractivity contribution in [2.75, 3.05) is 0 Å². The van der Waals surface area contributed by atoms with Crippen LogP contribution in [0.3, 0.4) is 0 Å². The van der Waals surface area contributed by atoms with Gasteiger partial charge in [-0.15, -0.1) is 0 Å². The molecule has 20 aromatic rings. The number of aromatic nitrogens is 4. The van der Waals surface area contributed by atoms with E-state index in [1.54, 1.807) is 0 Å². The van der Waals surface area contributed by atoms with Gasteiger partial charge in [-0.25, -0.2) is 9.97 Å². The molecule has 0 fully saturated rings. The molecular weight excluding hydrogens is 1190 g/mol. The molecular formula is C94H58N4. The number of rotatable bonds is 9. The summed E-state index contributed by atoms with van der Waals surface area (Å²) in [7, 11) is 0. The Morgan fingerprint density at radius 1 is 0.173 bits per heavy atom. The molecule has 454 valence electrons. The first-order valence-corrected chi connectivity index (χ1v) is 33.7. The number of hydrogen-bond donors (Lipinski definition) is 0. The Kier molecular flexibility index (Phi) is 12.6. The second-order valence-corrected chi connectivity index (χ2v) is 25.9. The van der Waals surface area contributed by atoms with E-state index in [2.05, 4.69) is 361 Å². The lowest BCUT2D eigenvalue weighted by atomic mass is 9.95. The minimum absolute atomic E-state index is 0.917. The van der Waals surface area contributed by atoms with Gasteiger partial charge in [-0.05, 0) is 149 Å². The van der Waals surface area contributed by atoms with Crippen molar-refractivity contribution in [3.05, 3.63) is 352 Å². The third-order valence-electron chi connectivity index (χ3n) is 20.4. The highest BCUT2D eigenvalue weighted by atomic mass is 15.0. The summed E-state index contributed by atoms with van der Waals surface area (Å²) in [5.74, 6) is 0. The van der Waals surface area contributed by atoms with Crippen LogP contribution in [0.2, 0.25) is 0 Å². The fourth-order valence-electron chi connectivity index (χ4n) is 15.8. The molecule has 0 aliphatic rings. The Labute approximate surface area is 565 Å². The van der Waals surface area contributed by atoms with Gasteiger partial charge in [0.2, 0.25) is 0 Å². The van der Waals surface area contributed by atoms with Gasteiger partial charge in [0.25, 0.3) is 0 Å². The van der Waals surface area contributed by atoms with Gasteiger partial charge < -0.3 is 9.13 Å². The Hall–Kier alpha value is -13.0. The Morgan fingerprint density at radius 2 is 0.520 bits per heavy atom. The van der Waals surface area contributed by atoms with Crippen LogP contribution in [0.25, 0.3) is 198 Å². The number of hydrogen-bond acceptors (Lipinski definition) is 2. The van der Waals surface area contributed by atoms with Crippen molar-refractivity contribution in [3.63, 3.8) is 0 Å². The molecule has 0 bridgehead atoms. The van der Waals surface area contributed by atoms with E-state index in [4.69, 9.17) is 9.97 Å². The van der Waals surface area contributed by atoms with Gasteiger partial charge in [-0.1, -0.05) is 285 Å². The molecule has 0 N–H and O–H groups in total. The summed E-state index contributed by atoms with van der Waals surface area (Å²) in [6, 6.07) is 129. The lowest BCUT2D eigenvalue weighted by Gasteiger charge is -2.14. The van der Waals surface area contributed by atoms with Gasteiger partial charge in [0.1, 0.15) is 0 Å². The standard InChI is InChI=1S/C94H58N4/c1-4-20-59(21-5-1)70-54-85(62-22-6-2-7-23-62)95-87(55-70)65-42-48-73(49-43-65)98-92-74-50-44-68(52-69(74)45-51-83(92)90-79-32-16-12-28-75(79)78-31-15-19-35-82(78)94(90)98)60-36-38-61(39-37-60)71-56-86(63-24-8-3-9-25-63)96-88(57-71)64-40-46-72(47-41-64)97-89-58-67-27-11-10-26-66(67)53-84(89)91-80-33-17-13-29-76(80)77-30-14-18-34-81(77)93(91)97/h1-58H.